The second-order valence-corrected chi connectivity index (χ2v) is 9.35. The maximum Gasteiger partial charge on any atom is 0.270 e. The molecule has 3 heterocycles. The zero-order valence-corrected chi connectivity index (χ0v) is 20.2. The van der Waals surface area contributed by atoms with Gasteiger partial charge in [-0.3, -0.25) is 14.7 Å². The summed E-state index contributed by atoms with van der Waals surface area (Å²) >= 11 is 7.50. The van der Waals surface area contributed by atoms with Crippen molar-refractivity contribution in [2.75, 3.05) is 51.4 Å². The molecule has 0 unspecified atom stereocenters. The molecule has 0 aromatic carbocycles. The van der Waals surface area contributed by atoms with E-state index < -0.39 is 0 Å². The minimum absolute atomic E-state index is 0.151. The van der Waals surface area contributed by atoms with Crippen LogP contribution in [0.25, 0.3) is 5.57 Å². The van der Waals surface area contributed by atoms with E-state index in [2.05, 4.69) is 21.6 Å². The van der Waals surface area contributed by atoms with Crippen LogP contribution in [0.1, 0.15) is 27.4 Å². The summed E-state index contributed by atoms with van der Waals surface area (Å²) in [5.41, 5.74) is 2.41. The highest BCUT2D eigenvalue weighted by Gasteiger charge is 2.22. The number of anilines is 1. The summed E-state index contributed by atoms with van der Waals surface area (Å²) in [5.74, 6) is 0.386. The van der Waals surface area contributed by atoms with Crippen molar-refractivity contribution < 1.29 is 14.3 Å². The number of amides is 1. The van der Waals surface area contributed by atoms with Crippen LogP contribution < -0.4 is 9.64 Å². The van der Waals surface area contributed by atoms with Gasteiger partial charge in [0.1, 0.15) is 11.5 Å². The third-order valence-electron chi connectivity index (χ3n) is 5.67. The molecule has 0 N–H and O–H groups in total. The fourth-order valence-corrected chi connectivity index (χ4v) is 4.96. The van der Waals surface area contributed by atoms with Gasteiger partial charge in [-0.1, -0.05) is 17.7 Å². The summed E-state index contributed by atoms with van der Waals surface area (Å²) in [5, 5.41) is 0.842. The first-order chi connectivity index (χ1) is 16.0. The second kappa shape index (κ2) is 11.1. The van der Waals surface area contributed by atoms with Gasteiger partial charge in [0.05, 0.1) is 30.8 Å². The minimum Gasteiger partial charge on any atom is -0.476 e. The molecule has 174 valence electrons. The zero-order chi connectivity index (χ0) is 23.2. The predicted octanol–water partition coefficient (Wildman–Crippen LogP) is 4.76. The van der Waals surface area contributed by atoms with E-state index in [4.69, 9.17) is 21.1 Å². The molecule has 2 aromatic heterocycles. The summed E-state index contributed by atoms with van der Waals surface area (Å²) in [6.45, 7) is 8.43. The lowest BCUT2D eigenvalue weighted by Gasteiger charge is -2.26. The number of rotatable bonds is 8. The van der Waals surface area contributed by atoms with Gasteiger partial charge >= 0.3 is 0 Å². The molecule has 2 aromatic rings. The molecule has 1 aliphatic carbocycles. The summed E-state index contributed by atoms with van der Waals surface area (Å²) in [4.78, 5) is 27.1. The molecule has 0 atom stereocenters. The number of hydrogen-bond donors (Lipinski definition) is 0. The molecular weight excluding hydrogens is 460 g/mol. The molecule has 33 heavy (non-hydrogen) atoms. The van der Waals surface area contributed by atoms with Gasteiger partial charge in [0.2, 0.25) is 5.88 Å². The molecule has 2 aliphatic rings. The van der Waals surface area contributed by atoms with Gasteiger partial charge < -0.3 is 14.4 Å². The van der Waals surface area contributed by atoms with Crippen LogP contribution in [0, 0.1) is 0 Å². The molecule has 1 saturated heterocycles. The molecule has 1 aliphatic heterocycles. The number of carbonyl (C=O) groups is 1. The molecule has 0 radical (unpaired) electrons. The third kappa shape index (κ3) is 5.89. The SMILES string of the molecule is C=Nc1cc(C2=CC=C(Cl)CC2)sc1C(=O)N(C)c1ccc(OCCN2CCOCC2)nc1. The van der Waals surface area contributed by atoms with E-state index in [9.17, 15) is 4.79 Å². The van der Waals surface area contributed by atoms with Crippen LogP contribution in [0.15, 0.2) is 46.6 Å². The van der Waals surface area contributed by atoms with E-state index in [0.29, 0.717) is 28.7 Å². The van der Waals surface area contributed by atoms with Crippen LogP contribution in [0.2, 0.25) is 0 Å². The highest BCUT2D eigenvalue weighted by molar-refractivity contribution is 7.15. The van der Waals surface area contributed by atoms with E-state index in [1.165, 1.54) is 11.3 Å². The number of carbonyl (C=O) groups excluding carboxylic acids is 1. The Hall–Kier alpha value is -2.52. The topological polar surface area (TPSA) is 67.3 Å². The Balaban J connectivity index is 1.40. The Bertz CT molecular complexity index is 1060. The molecule has 1 amide bonds. The monoisotopic (exact) mass is 486 g/mol. The molecule has 0 spiro atoms. The number of nitrogens with zero attached hydrogens (tertiary/aromatic N) is 4. The van der Waals surface area contributed by atoms with Crippen LogP contribution in [-0.2, 0) is 4.74 Å². The number of pyridine rings is 1. The van der Waals surface area contributed by atoms with Crippen molar-refractivity contribution in [2.45, 2.75) is 12.8 Å². The number of aliphatic imine (C=N–C) groups is 1. The lowest BCUT2D eigenvalue weighted by molar-refractivity contribution is 0.0320. The summed E-state index contributed by atoms with van der Waals surface area (Å²) in [7, 11) is 1.73. The van der Waals surface area contributed by atoms with E-state index in [-0.39, 0.29) is 5.91 Å². The Morgan fingerprint density at radius 3 is 2.82 bits per heavy atom. The van der Waals surface area contributed by atoms with Crippen molar-refractivity contribution in [3.8, 4) is 5.88 Å². The fourth-order valence-electron chi connectivity index (χ4n) is 3.66. The number of aromatic nitrogens is 1. The standard InChI is InChI=1S/C24H27ClN4O3S/c1-26-20-15-21(17-3-5-18(25)6-4-17)33-23(20)24(30)28(2)19-7-8-22(27-16-19)32-14-11-29-9-12-31-13-10-29/h3,5,7-8,15-16H,1,4,6,9-14H2,2H3. The highest BCUT2D eigenvalue weighted by atomic mass is 35.5. The van der Waals surface area contributed by atoms with Crippen molar-refractivity contribution >= 4 is 52.5 Å². The lowest BCUT2D eigenvalue weighted by Crippen LogP contribution is -2.38. The van der Waals surface area contributed by atoms with Gasteiger partial charge in [0.25, 0.3) is 5.91 Å². The Labute approximate surface area is 203 Å². The summed E-state index contributed by atoms with van der Waals surface area (Å²) in [6.07, 6.45) is 7.20. The van der Waals surface area contributed by atoms with E-state index in [1.54, 1.807) is 24.2 Å². The van der Waals surface area contributed by atoms with Crippen molar-refractivity contribution in [1.29, 1.82) is 0 Å². The Morgan fingerprint density at radius 1 is 1.33 bits per heavy atom. The maximum atomic E-state index is 13.2. The van der Waals surface area contributed by atoms with Gasteiger partial charge in [-0.05, 0) is 43.3 Å². The van der Waals surface area contributed by atoms with Crippen molar-refractivity contribution in [3.63, 3.8) is 0 Å². The number of morpholine rings is 1. The predicted molar refractivity (Wildman–Crippen MR) is 134 cm³/mol. The van der Waals surface area contributed by atoms with Gasteiger partial charge in [0, 0.05) is 42.7 Å². The van der Waals surface area contributed by atoms with Crippen LogP contribution >= 0.6 is 22.9 Å². The highest BCUT2D eigenvalue weighted by Crippen LogP contribution is 2.38. The van der Waals surface area contributed by atoms with E-state index >= 15 is 0 Å². The molecule has 1 fully saturated rings. The van der Waals surface area contributed by atoms with E-state index in [1.807, 2.05) is 24.3 Å². The summed E-state index contributed by atoms with van der Waals surface area (Å²) in [6, 6.07) is 5.54. The molecule has 4 rings (SSSR count). The fraction of sp³-hybridized carbons (Fsp3) is 0.375. The number of ether oxygens (including phenoxy) is 2. The van der Waals surface area contributed by atoms with Crippen molar-refractivity contribution in [1.82, 2.24) is 9.88 Å². The minimum atomic E-state index is -0.151. The van der Waals surface area contributed by atoms with Gasteiger partial charge in [-0.25, -0.2) is 4.98 Å². The normalized spacial score (nSPS) is 16.7. The summed E-state index contributed by atoms with van der Waals surface area (Å²) < 4.78 is 11.1. The second-order valence-electron chi connectivity index (χ2n) is 7.81. The number of hydrogen-bond acceptors (Lipinski definition) is 7. The van der Waals surface area contributed by atoms with Gasteiger partial charge in [0.15, 0.2) is 0 Å². The smallest absolute Gasteiger partial charge is 0.270 e. The van der Waals surface area contributed by atoms with Crippen molar-refractivity contribution in [3.05, 3.63) is 51.3 Å². The Morgan fingerprint density at radius 2 is 2.15 bits per heavy atom. The molecule has 0 saturated carbocycles. The van der Waals surface area contributed by atoms with Crippen LogP contribution in [0.5, 0.6) is 5.88 Å². The Kier molecular flexibility index (Phi) is 7.93. The first-order valence-electron chi connectivity index (χ1n) is 10.9. The van der Waals surface area contributed by atoms with Gasteiger partial charge in [-0.2, -0.15) is 0 Å². The average molecular weight is 487 g/mol. The molecule has 9 heteroatoms. The van der Waals surface area contributed by atoms with Crippen molar-refractivity contribution in [2.24, 2.45) is 4.99 Å². The van der Waals surface area contributed by atoms with Crippen LogP contribution in [0.3, 0.4) is 0 Å². The number of halogens is 1. The van der Waals surface area contributed by atoms with E-state index in [0.717, 1.165) is 61.2 Å². The average Bonchev–Trinajstić information content (AvgIpc) is 3.29. The zero-order valence-electron chi connectivity index (χ0n) is 18.6. The molecule has 0 bridgehead atoms. The quantitative estimate of drug-likeness (QED) is 0.503. The maximum absolute atomic E-state index is 13.2. The number of thiophene rings is 1. The first-order valence-corrected chi connectivity index (χ1v) is 12.1. The third-order valence-corrected chi connectivity index (χ3v) is 7.17. The first kappa shape index (κ1) is 23.6. The molecular formula is C24H27ClN4O3S. The molecule has 7 nitrogen and oxygen atoms in total. The largest absolute Gasteiger partial charge is 0.476 e. The number of allylic oxidation sites excluding steroid dienone is 4. The van der Waals surface area contributed by atoms with Crippen LogP contribution in [-0.4, -0.2) is 69.0 Å². The van der Waals surface area contributed by atoms with Crippen LogP contribution in [0.4, 0.5) is 11.4 Å². The lowest BCUT2D eigenvalue weighted by atomic mass is 10.0. The van der Waals surface area contributed by atoms with Gasteiger partial charge in [-0.15, -0.1) is 11.3 Å².